The number of hydrogen-bond donors (Lipinski definition) is 5. The molecule has 320 valence electrons. The zero-order chi connectivity index (χ0) is 43.5. The van der Waals surface area contributed by atoms with Crippen LogP contribution >= 0.6 is 0 Å². The molecule has 6 atom stereocenters. The van der Waals surface area contributed by atoms with Gasteiger partial charge in [-0.2, -0.15) is 0 Å². The van der Waals surface area contributed by atoms with Crippen molar-refractivity contribution in [1.29, 1.82) is 0 Å². The van der Waals surface area contributed by atoms with Crippen molar-refractivity contribution in [2.24, 2.45) is 11.7 Å². The molecule has 3 fully saturated rings. The monoisotopic (exact) mass is 846 g/mol. The van der Waals surface area contributed by atoms with E-state index < -0.39 is 59.4 Å². The van der Waals surface area contributed by atoms with Crippen LogP contribution in [0.15, 0.2) is 127 Å². The first-order valence-corrected chi connectivity index (χ1v) is 20.9. The maximum absolute atomic E-state index is 15.5. The van der Waals surface area contributed by atoms with Gasteiger partial charge in [-0.05, 0) is 76.9 Å². The fourth-order valence-electron chi connectivity index (χ4n) is 9.66. The topological polar surface area (TPSA) is 185 Å². The summed E-state index contributed by atoms with van der Waals surface area (Å²) in [5.41, 5.74) is 8.62. The average molecular weight is 847 g/mol. The lowest BCUT2D eigenvalue weighted by molar-refractivity contribution is -0.177. The van der Waals surface area contributed by atoms with E-state index in [1.54, 1.807) is 30.3 Å². The number of nitrogens with one attached hydrogen (secondary N) is 3. The number of ether oxygens (including phenoxy) is 3. The third kappa shape index (κ3) is 7.71. The second-order valence-electron chi connectivity index (χ2n) is 15.8. The molecule has 14 heteroatoms. The van der Waals surface area contributed by atoms with Crippen molar-refractivity contribution < 1.29 is 38.5 Å². The Labute approximate surface area is 364 Å². The van der Waals surface area contributed by atoms with Crippen LogP contribution in [0, 0.1) is 17.8 Å². The summed E-state index contributed by atoms with van der Waals surface area (Å²) in [5.74, 6) is 3.43. The molecule has 3 saturated heterocycles. The molecule has 14 nitrogen and oxygen atoms in total. The number of carbonyl (C=O) groups excluding carboxylic acids is 4. The highest BCUT2D eigenvalue weighted by atomic mass is 16.6. The molecule has 4 aliphatic rings. The quantitative estimate of drug-likeness (QED) is 0.0965. The molecule has 0 radical (unpaired) electrons. The molecule has 5 aromatic carbocycles. The summed E-state index contributed by atoms with van der Waals surface area (Å²) in [7, 11) is 0. The van der Waals surface area contributed by atoms with Gasteiger partial charge in [-0.1, -0.05) is 84.6 Å². The van der Waals surface area contributed by atoms with Crippen LogP contribution in [0.5, 0.6) is 5.75 Å². The van der Waals surface area contributed by atoms with Crippen LogP contribution < -0.4 is 31.3 Å². The Morgan fingerprint density at radius 3 is 2.24 bits per heavy atom. The molecule has 1 spiro atoms. The maximum Gasteiger partial charge on any atom is 0.324 e. The van der Waals surface area contributed by atoms with Gasteiger partial charge in [0.15, 0.2) is 0 Å². The number of morpholine rings is 2. The zero-order valence-electron chi connectivity index (χ0n) is 34.2. The number of urea groups is 1. The Morgan fingerprint density at radius 1 is 0.857 bits per heavy atom. The zero-order valence-corrected chi connectivity index (χ0v) is 34.2. The van der Waals surface area contributed by atoms with Gasteiger partial charge in [-0.25, -0.2) is 4.79 Å². The smallest absolute Gasteiger partial charge is 0.324 e. The van der Waals surface area contributed by atoms with Crippen molar-refractivity contribution in [3.05, 3.63) is 155 Å². The molecular weight excluding hydrogens is 801 g/mol. The molecule has 4 heterocycles. The lowest BCUT2D eigenvalue weighted by atomic mass is 9.65. The standard InChI is InChI=1S/C49H46N6O8/c50-48(60)51-23-7-8-31-13-22-39-38(30-31)49(47(59)53-39)40(45(57)52-35-16-18-36(19-17-35)54-24-27-61-28-25-54)42-46(58)63-43(33-11-5-2-6-12-33)41(32-9-3-1-4-10-32)55(42)44(49)34-14-20-37(21-15-34)62-29-26-56/h1-6,9-22,30,40-44,56H,23-29H2,(H,52,57)(H,53,59)(H3,50,51,60)/t40-,41-,42-,43+,44+,49-/m1/s1. The van der Waals surface area contributed by atoms with Gasteiger partial charge in [0.25, 0.3) is 0 Å². The predicted octanol–water partition coefficient (Wildman–Crippen LogP) is 4.82. The highest BCUT2D eigenvalue weighted by Crippen LogP contribution is 2.65. The lowest BCUT2D eigenvalue weighted by Crippen LogP contribution is -2.53. The lowest BCUT2D eigenvalue weighted by Gasteiger charge is -2.46. The molecule has 0 saturated carbocycles. The molecule has 0 bridgehead atoms. The Balaban J connectivity index is 1.26. The van der Waals surface area contributed by atoms with Crippen molar-refractivity contribution >= 4 is 40.9 Å². The number of esters is 1. The molecule has 0 aromatic heterocycles. The minimum atomic E-state index is -1.76. The predicted molar refractivity (Wildman–Crippen MR) is 235 cm³/mol. The first-order chi connectivity index (χ1) is 30.8. The van der Waals surface area contributed by atoms with Crippen LogP contribution in [-0.4, -0.2) is 85.9 Å². The van der Waals surface area contributed by atoms with Crippen molar-refractivity contribution in [3.63, 3.8) is 0 Å². The van der Waals surface area contributed by atoms with Gasteiger partial charge in [0.1, 0.15) is 29.9 Å². The molecule has 63 heavy (non-hydrogen) atoms. The van der Waals surface area contributed by atoms with E-state index in [0.717, 1.165) is 29.9 Å². The number of aliphatic hydroxyl groups is 1. The van der Waals surface area contributed by atoms with E-state index in [1.807, 2.05) is 102 Å². The second-order valence-corrected chi connectivity index (χ2v) is 15.8. The molecule has 4 aliphatic heterocycles. The van der Waals surface area contributed by atoms with Gasteiger partial charge >= 0.3 is 12.0 Å². The van der Waals surface area contributed by atoms with Crippen molar-refractivity contribution in [2.45, 2.75) is 29.6 Å². The van der Waals surface area contributed by atoms with Crippen LogP contribution in [0.1, 0.15) is 46.0 Å². The van der Waals surface area contributed by atoms with E-state index in [9.17, 15) is 9.90 Å². The minimum Gasteiger partial charge on any atom is -0.491 e. The summed E-state index contributed by atoms with van der Waals surface area (Å²) in [6, 6.07) is 35.5. The fourth-order valence-corrected chi connectivity index (χ4v) is 9.66. The van der Waals surface area contributed by atoms with E-state index in [2.05, 4.69) is 32.7 Å². The number of anilines is 3. The fraction of sp³-hybridized carbons (Fsp3) is 0.265. The van der Waals surface area contributed by atoms with Crippen LogP contribution in [0.25, 0.3) is 0 Å². The summed E-state index contributed by atoms with van der Waals surface area (Å²) in [6.07, 6.45) is -0.836. The number of primary amides is 1. The first-order valence-electron chi connectivity index (χ1n) is 20.9. The van der Waals surface area contributed by atoms with Crippen LogP contribution in [0.3, 0.4) is 0 Å². The SMILES string of the molecule is NC(=O)NCC#Cc1ccc2c(c1)[C@]1(C(=O)N2)[C@H](c2ccc(OCCO)cc2)N2[C@H](c3ccccc3)[C@H](c3ccccc3)OC(=O)[C@H]2[C@@H]1C(=O)Nc1ccc(N2CCOCC2)cc1. The number of cyclic esters (lactones) is 1. The maximum atomic E-state index is 15.5. The van der Waals surface area contributed by atoms with Gasteiger partial charge in [0, 0.05) is 35.7 Å². The van der Waals surface area contributed by atoms with Crippen molar-refractivity contribution in [1.82, 2.24) is 10.2 Å². The van der Waals surface area contributed by atoms with Gasteiger partial charge in [-0.3, -0.25) is 19.3 Å². The Hall–Kier alpha value is -7.18. The highest BCUT2D eigenvalue weighted by molar-refractivity contribution is 6.13. The van der Waals surface area contributed by atoms with Gasteiger partial charge < -0.3 is 45.9 Å². The number of benzene rings is 5. The van der Waals surface area contributed by atoms with Crippen molar-refractivity contribution in [2.75, 3.05) is 61.6 Å². The Morgan fingerprint density at radius 2 is 1.56 bits per heavy atom. The Bertz CT molecular complexity index is 2560. The molecule has 5 aromatic rings. The number of hydrogen-bond acceptors (Lipinski definition) is 10. The van der Waals surface area contributed by atoms with E-state index in [4.69, 9.17) is 19.9 Å². The van der Waals surface area contributed by atoms with E-state index in [0.29, 0.717) is 47.0 Å². The number of nitrogens with two attached hydrogens (primary N) is 1. The summed E-state index contributed by atoms with van der Waals surface area (Å²) < 4.78 is 17.8. The number of rotatable bonds is 10. The number of aliphatic hydroxyl groups excluding tert-OH is 1. The molecule has 9 rings (SSSR count). The molecule has 0 unspecified atom stereocenters. The van der Waals surface area contributed by atoms with Crippen molar-refractivity contribution in [3.8, 4) is 17.6 Å². The first kappa shape index (κ1) is 41.2. The summed E-state index contributed by atoms with van der Waals surface area (Å²) in [5, 5.41) is 18.2. The van der Waals surface area contributed by atoms with Gasteiger partial charge in [0.2, 0.25) is 11.8 Å². The van der Waals surface area contributed by atoms with E-state index in [-0.39, 0.29) is 19.8 Å². The van der Waals surface area contributed by atoms with Gasteiger partial charge in [0.05, 0.1) is 44.4 Å². The molecule has 0 aliphatic carbocycles. The van der Waals surface area contributed by atoms with Gasteiger partial charge in [-0.15, -0.1) is 0 Å². The largest absolute Gasteiger partial charge is 0.491 e. The number of nitrogens with zero attached hydrogens (tertiary/aromatic N) is 2. The molecule has 6 N–H and O–H groups in total. The summed E-state index contributed by atoms with van der Waals surface area (Å²) >= 11 is 0. The highest BCUT2D eigenvalue weighted by Gasteiger charge is 2.74. The normalized spacial score (nSPS) is 23.7. The minimum absolute atomic E-state index is 0.0151. The number of amides is 4. The second kappa shape index (κ2) is 17.7. The van der Waals surface area contributed by atoms with Crippen LogP contribution in [0.2, 0.25) is 0 Å². The summed E-state index contributed by atoms with van der Waals surface area (Å²) in [6.45, 7) is 2.59. The number of fused-ring (bicyclic) bond motifs is 3. The Kier molecular flexibility index (Phi) is 11.5. The average Bonchev–Trinajstić information content (AvgIpc) is 3.79. The van der Waals surface area contributed by atoms with Crippen LogP contribution in [-0.2, 0) is 29.3 Å². The third-order valence-corrected chi connectivity index (χ3v) is 12.2. The van der Waals surface area contributed by atoms with Crippen LogP contribution in [0.4, 0.5) is 21.9 Å². The summed E-state index contributed by atoms with van der Waals surface area (Å²) in [4.78, 5) is 61.8. The molecular formula is C49H46N6O8. The third-order valence-electron chi connectivity index (χ3n) is 12.2. The van der Waals surface area contributed by atoms with E-state index >= 15 is 14.4 Å². The molecule has 4 amide bonds. The van der Waals surface area contributed by atoms with E-state index in [1.165, 1.54) is 0 Å². The number of carbonyl (C=O) groups is 4.